The van der Waals surface area contributed by atoms with Gasteiger partial charge in [-0.3, -0.25) is 4.79 Å². The fourth-order valence-electron chi connectivity index (χ4n) is 1.18. The highest BCUT2D eigenvalue weighted by Gasteiger charge is 2.37. The topological polar surface area (TPSA) is 46.3 Å². The Balaban J connectivity index is 4.57. The van der Waals surface area contributed by atoms with Crippen LogP contribution in [0, 0.1) is 5.41 Å². The van der Waals surface area contributed by atoms with Crippen LogP contribution in [0.15, 0.2) is 0 Å². The lowest BCUT2D eigenvalue weighted by molar-refractivity contribution is -0.164. The van der Waals surface area contributed by atoms with E-state index in [1.165, 1.54) is 0 Å². The number of rotatable bonds is 4. The minimum atomic E-state index is -4.37. The maximum absolute atomic E-state index is 12.0. The number of hydrogen-bond acceptors (Lipinski definition) is 2. The lowest BCUT2D eigenvalue weighted by Gasteiger charge is -2.31. The van der Waals surface area contributed by atoms with Crippen molar-refractivity contribution < 1.29 is 18.0 Å². The predicted octanol–water partition coefficient (Wildman–Crippen LogP) is 1.38. The van der Waals surface area contributed by atoms with E-state index in [1.807, 2.05) is 0 Å². The van der Waals surface area contributed by atoms with Gasteiger partial charge in [-0.25, -0.2) is 0 Å². The first-order chi connectivity index (χ1) is 6.66. The molecule has 0 aliphatic rings. The summed E-state index contributed by atoms with van der Waals surface area (Å²) in [6.07, 6.45) is -3.95. The van der Waals surface area contributed by atoms with Crippen molar-refractivity contribution in [1.29, 1.82) is 0 Å². The monoisotopic (exact) mass is 226 g/mol. The zero-order chi connectivity index (χ0) is 12.3. The van der Waals surface area contributed by atoms with E-state index in [1.54, 1.807) is 13.8 Å². The summed E-state index contributed by atoms with van der Waals surface area (Å²) in [5.41, 5.74) is 4.49. The van der Waals surface area contributed by atoms with Gasteiger partial charge < -0.3 is 10.6 Å². The number of alkyl halides is 3. The van der Waals surface area contributed by atoms with E-state index in [-0.39, 0.29) is 6.54 Å². The second-order valence-corrected chi connectivity index (χ2v) is 3.89. The smallest absolute Gasteiger partial charge is 0.336 e. The molecule has 1 amide bonds. The SMILES string of the molecule is CCC(C)(CN)C(=O)N(C)CC(F)(F)F. The van der Waals surface area contributed by atoms with Crippen molar-refractivity contribution in [2.45, 2.75) is 26.4 Å². The van der Waals surface area contributed by atoms with Crippen LogP contribution in [-0.2, 0) is 4.79 Å². The number of hydrogen-bond donors (Lipinski definition) is 1. The van der Waals surface area contributed by atoms with Crippen LogP contribution in [0.1, 0.15) is 20.3 Å². The molecule has 0 spiro atoms. The highest BCUT2D eigenvalue weighted by Crippen LogP contribution is 2.24. The summed E-state index contributed by atoms with van der Waals surface area (Å²) in [6, 6.07) is 0. The molecule has 1 atom stereocenters. The molecule has 0 heterocycles. The predicted molar refractivity (Wildman–Crippen MR) is 51.1 cm³/mol. The van der Waals surface area contributed by atoms with Crippen molar-refractivity contribution in [2.24, 2.45) is 11.1 Å². The van der Waals surface area contributed by atoms with Gasteiger partial charge in [0.15, 0.2) is 0 Å². The van der Waals surface area contributed by atoms with Crippen molar-refractivity contribution in [3.8, 4) is 0 Å². The first kappa shape index (κ1) is 14.2. The maximum atomic E-state index is 12.0. The van der Waals surface area contributed by atoms with Gasteiger partial charge in [-0.05, 0) is 13.3 Å². The van der Waals surface area contributed by atoms with Gasteiger partial charge in [-0.1, -0.05) is 6.92 Å². The van der Waals surface area contributed by atoms with E-state index < -0.39 is 24.0 Å². The lowest BCUT2D eigenvalue weighted by Crippen LogP contribution is -2.47. The Kier molecular flexibility index (Phi) is 4.58. The molecule has 0 aromatic carbocycles. The second kappa shape index (κ2) is 4.83. The molecule has 0 rings (SSSR count). The van der Waals surface area contributed by atoms with Gasteiger partial charge in [-0.2, -0.15) is 13.2 Å². The van der Waals surface area contributed by atoms with Gasteiger partial charge in [0.1, 0.15) is 6.54 Å². The van der Waals surface area contributed by atoms with Gasteiger partial charge in [0, 0.05) is 13.6 Å². The molecule has 6 heteroatoms. The second-order valence-electron chi connectivity index (χ2n) is 3.89. The zero-order valence-electron chi connectivity index (χ0n) is 9.19. The minimum Gasteiger partial charge on any atom is -0.336 e. The summed E-state index contributed by atoms with van der Waals surface area (Å²) in [5.74, 6) is -0.565. The van der Waals surface area contributed by atoms with Crippen LogP contribution in [0.25, 0.3) is 0 Å². The molecule has 0 saturated carbocycles. The van der Waals surface area contributed by atoms with Crippen LogP contribution < -0.4 is 5.73 Å². The highest BCUT2D eigenvalue weighted by atomic mass is 19.4. The first-order valence-electron chi connectivity index (χ1n) is 4.68. The van der Waals surface area contributed by atoms with Crippen molar-refractivity contribution in [3.05, 3.63) is 0 Å². The molecule has 15 heavy (non-hydrogen) atoms. The molecular weight excluding hydrogens is 209 g/mol. The van der Waals surface area contributed by atoms with E-state index >= 15 is 0 Å². The molecule has 0 saturated heterocycles. The zero-order valence-corrected chi connectivity index (χ0v) is 9.19. The van der Waals surface area contributed by atoms with Gasteiger partial charge in [-0.15, -0.1) is 0 Å². The summed E-state index contributed by atoms with van der Waals surface area (Å²) in [6.45, 7) is 2.11. The van der Waals surface area contributed by atoms with Crippen molar-refractivity contribution >= 4 is 5.91 Å². The number of amides is 1. The summed E-state index contributed by atoms with van der Waals surface area (Å²) in [4.78, 5) is 12.3. The van der Waals surface area contributed by atoms with E-state index in [0.717, 1.165) is 7.05 Å². The third-order valence-corrected chi connectivity index (χ3v) is 2.51. The van der Waals surface area contributed by atoms with Crippen LogP contribution in [0.5, 0.6) is 0 Å². The molecule has 0 fully saturated rings. The lowest BCUT2D eigenvalue weighted by atomic mass is 9.86. The number of nitrogens with two attached hydrogens (primary N) is 1. The fourth-order valence-corrected chi connectivity index (χ4v) is 1.18. The minimum absolute atomic E-state index is 0.0462. The highest BCUT2D eigenvalue weighted by molar-refractivity contribution is 5.82. The maximum Gasteiger partial charge on any atom is 0.406 e. The summed E-state index contributed by atoms with van der Waals surface area (Å²) in [5, 5.41) is 0. The fraction of sp³-hybridized carbons (Fsp3) is 0.889. The standard InChI is InChI=1S/C9H17F3N2O/c1-4-8(2,5-13)7(15)14(3)6-9(10,11)12/h4-6,13H2,1-3H3. The van der Waals surface area contributed by atoms with E-state index in [0.29, 0.717) is 11.3 Å². The normalized spacial score (nSPS) is 15.9. The van der Waals surface area contributed by atoms with Crippen molar-refractivity contribution in [2.75, 3.05) is 20.1 Å². The molecule has 0 aliphatic heterocycles. The number of carbonyl (C=O) groups excluding carboxylic acids is 1. The number of halogens is 3. The average molecular weight is 226 g/mol. The summed E-state index contributed by atoms with van der Waals surface area (Å²) < 4.78 is 36.1. The third-order valence-electron chi connectivity index (χ3n) is 2.51. The molecule has 0 aliphatic carbocycles. The van der Waals surface area contributed by atoms with Crippen LogP contribution in [0.4, 0.5) is 13.2 Å². The quantitative estimate of drug-likeness (QED) is 0.787. The molecule has 0 bridgehead atoms. The number of nitrogens with zero attached hydrogens (tertiary/aromatic N) is 1. The Hall–Kier alpha value is -0.780. The molecule has 0 aromatic heterocycles. The summed E-state index contributed by atoms with van der Waals surface area (Å²) >= 11 is 0. The van der Waals surface area contributed by atoms with Gasteiger partial charge in [0.25, 0.3) is 0 Å². The Morgan fingerprint density at radius 3 is 2.13 bits per heavy atom. The van der Waals surface area contributed by atoms with Gasteiger partial charge >= 0.3 is 6.18 Å². The molecule has 3 nitrogen and oxygen atoms in total. The molecule has 2 N–H and O–H groups in total. The van der Waals surface area contributed by atoms with Gasteiger partial charge in [0.05, 0.1) is 5.41 Å². The molecular formula is C9H17F3N2O. The van der Waals surface area contributed by atoms with Crippen LogP contribution in [-0.4, -0.2) is 37.1 Å². The Bertz CT molecular complexity index is 224. The average Bonchev–Trinajstić information content (AvgIpc) is 2.12. The van der Waals surface area contributed by atoms with Crippen LogP contribution >= 0.6 is 0 Å². The van der Waals surface area contributed by atoms with E-state index in [9.17, 15) is 18.0 Å². The third kappa shape index (κ3) is 4.07. The molecule has 0 radical (unpaired) electrons. The summed E-state index contributed by atoms with van der Waals surface area (Å²) in [7, 11) is 1.14. The van der Waals surface area contributed by atoms with E-state index in [2.05, 4.69) is 0 Å². The van der Waals surface area contributed by atoms with E-state index in [4.69, 9.17) is 5.73 Å². The van der Waals surface area contributed by atoms with Gasteiger partial charge in [0.2, 0.25) is 5.91 Å². The Labute approximate surface area is 87.4 Å². The Morgan fingerprint density at radius 2 is 1.87 bits per heavy atom. The molecule has 1 unspecified atom stereocenters. The van der Waals surface area contributed by atoms with Crippen molar-refractivity contribution in [3.63, 3.8) is 0 Å². The van der Waals surface area contributed by atoms with Crippen LogP contribution in [0.2, 0.25) is 0 Å². The van der Waals surface area contributed by atoms with Crippen molar-refractivity contribution in [1.82, 2.24) is 4.90 Å². The molecule has 0 aromatic rings. The largest absolute Gasteiger partial charge is 0.406 e. The van der Waals surface area contributed by atoms with Crippen LogP contribution in [0.3, 0.4) is 0 Å². The first-order valence-corrected chi connectivity index (χ1v) is 4.68. The number of carbonyl (C=O) groups is 1. The molecule has 90 valence electrons. The Morgan fingerprint density at radius 1 is 1.40 bits per heavy atom.